The van der Waals surface area contributed by atoms with E-state index in [0.29, 0.717) is 11.3 Å². The molecule has 7 nitrogen and oxygen atoms in total. The van der Waals surface area contributed by atoms with E-state index in [1.165, 1.54) is 52.6 Å². The Bertz CT molecular complexity index is 1330. The highest BCUT2D eigenvalue weighted by Gasteiger charge is 2.14. The van der Waals surface area contributed by atoms with Gasteiger partial charge in [-0.3, -0.25) is 4.79 Å². The topological polar surface area (TPSA) is 101 Å². The third-order valence-corrected chi connectivity index (χ3v) is 8.22. The van der Waals surface area contributed by atoms with Crippen molar-refractivity contribution in [1.82, 2.24) is 10.5 Å². The summed E-state index contributed by atoms with van der Waals surface area (Å²) < 4.78 is 6.81. The molecule has 0 unspecified atom stereocenters. The molecule has 34 heavy (non-hydrogen) atoms. The Morgan fingerprint density at radius 1 is 1.18 bits per heavy atom. The molecule has 3 aromatic carbocycles. The maximum absolute atomic E-state index is 12.2. The Kier molecular flexibility index (Phi) is 8.04. The van der Waals surface area contributed by atoms with E-state index in [-0.39, 0.29) is 23.2 Å². The number of hydrazone groups is 1. The zero-order valence-corrected chi connectivity index (χ0v) is 21.0. The lowest BCUT2D eigenvalue weighted by molar-refractivity contribution is -0.492. The number of aromatic nitrogens is 2. The van der Waals surface area contributed by atoms with Gasteiger partial charge in [0.05, 0.1) is 18.6 Å². The van der Waals surface area contributed by atoms with Gasteiger partial charge in [-0.15, -0.1) is 0 Å². The van der Waals surface area contributed by atoms with Crippen molar-refractivity contribution in [2.24, 2.45) is 5.10 Å². The normalized spacial score (nSPS) is 11.5. The van der Waals surface area contributed by atoms with E-state index in [1.807, 2.05) is 6.07 Å². The predicted molar refractivity (Wildman–Crippen MR) is 136 cm³/mol. The number of amides is 1. The second kappa shape index (κ2) is 11.4. The zero-order valence-electron chi connectivity index (χ0n) is 18.5. The van der Waals surface area contributed by atoms with Gasteiger partial charge in [-0.1, -0.05) is 77.2 Å². The van der Waals surface area contributed by atoms with Crippen LogP contribution < -0.4 is 20.4 Å². The predicted octanol–water partition coefficient (Wildman–Crippen LogP) is 4.12. The summed E-state index contributed by atoms with van der Waals surface area (Å²) in [5.41, 5.74) is 5.09. The average molecular weight is 511 g/mol. The molecule has 2 N–H and O–H groups in total. The molecule has 0 atom stereocenters. The molecule has 0 aliphatic heterocycles. The SMILES string of the molecule is COc1cc(/C(C)=N/NC(=O)CSc2n[nH+]c(SCc3cccc4ccccc34)s2)ccc1[O-]. The molecule has 1 aromatic heterocycles. The molecule has 1 amide bonds. The highest BCUT2D eigenvalue weighted by atomic mass is 32.2. The van der Waals surface area contributed by atoms with Crippen LogP contribution in [0, 0.1) is 0 Å². The molecule has 0 saturated carbocycles. The minimum absolute atomic E-state index is 0.189. The maximum atomic E-state index is 12.2. The molecule has 0 bridgehead atoms. The van der Waals surface area contributed by atoms with Crippen molar-refractivity contribution >= 4 is 57.3 Å². The van der Waals surface area contributed by atoms with Crippen LogP contribution in [-0.4, -0.2) is 29.6 Å². The Balaban J connectivity index is 1.28. The number of H-pyrrole nitrogens is 1. The van der Waals surface area contributed by atoms with Crippen molar-refractivity contribution in [2.45, 2.75) is 21.4 Å². The minimum atomic E-state index is -0.239. The first-order valence-corrected chi connectivity index (χ1v) is 13.1. The van der Waals surface area contributed by atoms with E-state index >= 15 is 0 Å². The number of thioether (sulfide) groups is 2. The van der Waals surface area contributed by atoms with Crippen LogP contribution in [0.1, 0.15) is 18.1 Å². The van der Waals surface area contributed by atoms with Gasteiger partial charge in [0.25, 0.3) is 5.91 Å². The molecule has 0 saturated heterocycles. The standard InChI is InChI=1S/C24H22N4O3S3/c1-15(17-10-11-20(29)21(12-17)31-2)25-26-22(30)14-33-24-28-27-23(34-24)32-13-18-8-5-7-16-6-3-4-9-19(16)18/h3-12,29H,13-14H2,1-2H3,(H,26,30)/b25-15+. The number of nitrogens with zero attached hydrogens (tertiary/aromatic N) is 2. The Labute approximate surface area is 209 Å². The third-order valence-electron chi connectivity index (χ3n) is 4.91. The van der Waals surface area contributed by atoms with E-state index in [0.717, 1.165) is 14.4 Å². The summed E-state index contributed by atoms with van der Waals surface area (Å²) in [6, 6.07) is 19.4. The smallest absolute Gasteiger partial charge is 0.323 e. The molecule has 4 rings (SSSR count). The van der Waals surface area contributed by atoms with Gasteiger partial charge in [0.15, 0.2) is 0 Å². The molecule has 10 heteroatoms. The summed E-state index contributed by atoms with van der Waals surface area (Å²) >= 11 is 4.57. The average Bonchev–Trinajstić information content (AvgIpc) is 3.33. The third kappa shape index (κ3) is 6.07. The number of hydrogen-bond donors (Lipinski definition) is 1. The highest BCUT2D eigenvalue weighted by Crippen LogP contribution is 2.30. The Morgan fingerprint density at radius 3 is 2.85 bits per heavy atom. The first kappa shape index (κ1) is 24.1. The van der Waals surface area contributed by atoms with Gasteiger partial charge in [-0.2, -0.15) is 5.10 Å². The van der Waals surface area contributed by atoms with Crippen LogP contribution in [0.5, 0.6) is 11.5 Å². The number of ether oxygens (including phenoxy) is 1. The summed E-state index contributed by atoms with van der Waals surface area (Å²) in [5.74, 6) is 0.819. The number of benzene rings is 3. The van der Waals surface area contributed by atoms with Gasteiger partial charge in [-0.05, 0) is 52.4 Å². The number of rotatable bonds is 9. The van der Waals surface area contributed by atoms with Crippen LogP contribution in [0.3, 0.4) is 0 Å². The molecule has 0 aliphatic rings. The summed E-state index contributed by atoms with van der Waals surface area (Å²) in [7, 11) is 1.44. The van der Waals surface area contributed by atoms with Crippen LogP contribution in [0.15, 0.2) is 74.4 Å². The molecule has 0 radical (unpaired) electrons. The van der Waals surface area contributed by atoms with Crippen molar-refractivity contribution in [3.8, 4) is 11.5 Å². The van der Waals surface area contributed by atoms with E-state index in [1.54, 1.807) is 30.8 Å². The second-order valence-corrected chi connectivity index (χ2v) is 10.7. The largest absolute Gasteiger partial charge is 0.870 e. The maximum Gasteiger partial charge on any atom is 0.323 e. The first-order valence-electron chi connectivity index (χ1n) is 10.3. The van der Waals surface area contributed by atoms with E-state index in [2.05, 4.69) is 57.1 Å². The molecular weight excluding hydrogens is 488 g/mol. The Hall–Kier alpha value is -3.08. The van der Waals surface area contributed by atoms with Gasteiger partial charge >= 0.3 is 4.34 Å². The van der Waals surface area contributed by atoms with Crippen molar-refractivity contribution in [3.63, 3.8) is 0 Å². The van der Waals surface area contributed by atoms with Gasteiger partial charge in [-0.25, -0.2) is 5.43 Å². The highest BCUT2D eigenvalue weighted by molar-refractivity contribution is 8.03. The number of hydrogen-bond acceptors (Lipinski definition) is 8. The van der Waals surface area contributed by atoms with Gasteiger partial charge in [0.2, 0.25) is 4.34 Å². The molecule has 174 valence electrons. The van der Waals surface area contributed by atoms with Gasteiger partial charge in [0, 0.05) is 16.4 Å². The summed E-state index contributed by atoms with van der Waals surface area (Å²) in [5, 5.41) is 25.6. The van der Waals surface area contributed by atoms with Crippen LogP contribution in [0.4, 0.5) is 0 Å². The number of aromatic amines is 1. The van der Waals surface area contributed by atoms with Gasteiger partial charge in [0.1, 0.15) is 5.75 Å². The van der Waals surface area contributed by atoms with E-state index < -0.39 is 0 Å². The quantitative estimate of drug-likeness (QED) is 0.207. The fourth-order valence-corrected chi connectivity index (χ4v) is 6.05. The van der Waals surface area contributed by atoms with Crippen LogP contribution in [-0.2, 0) is 10.5 Å². The summed E-state index contributed by atoms with van der Waals surface area (Å²) in [6.07, 6.45) is 0. The van der Waals surface area contributed by atoms with Crippen molar-refractivity contribution in [1.29, 1.82) is 0 Å². The van der Waals surface area contributed by atoms with Crippen molar-refractivity contribution < 1.29 is 19.7 Å². The number of methoxy groups -OCH3 is 1. The van der Waals surface area contributed by atoms with Crippen molar-refractivity contribution in [2.75, 3.05) is 12.9 Å². The molecular formula is C24H22N4O3S3. The lowest BCUT2D eigenvalue weighted by Gasteiger charge is -2.13. The number of nitrogens with one attached hydrogen (secondary N) is 2. The monoisotopic (exact) mass is 510 g/mol. The number of fused-ring (bicyclic) bond motifs is 1. The fraction of sp³-hybridized carbons (Fsp3) is 0.167. The molecule has 0 aliphatic carbocycles. The number of carbonyl (C=O) groups excluding carboxylic acids is 1. The van der Waals surface area contributed by atoms with Crippen LogP contribution in [0.2, 0.25) is 0 Å². The van der Waals surface area contributed by atoms with Gasteiger partial charge < -0.3 is 9.84 Å². The zero-order chi connectivity index (χ0) is 23.9. The van der Waals surface area contributed by atoms with Crippen LogP contribution in [0.25, 0.3) is 10.8 Å². The van der Waals surface area contributed by atoms with E-state index in [4.69, 9.17) is 4.74 Å². The fourth-order valence-electron chi connectivity index (χ4n) is 3.16. The molecule has 0 fully saturated rings. The summed E-state index contributed by atoms with van der Waals surface area (Å²) in [4.78, 5) is 12.2. The lowest BCUT2D eigenvalue weighted by atomic mass is 10.1. The minimum Gasteiger partial charge on any atom is -0.870 e. The summed E-state index contributed by atoms with van der Waals surface area (Å²) in [6.45, 7) is 1.75. The Morgan fingerprint density at radius 2 is 2.00 bits per heavy atom. The second-order valence-electron chi connectivity index (χ2n) is 7.19. The molecule has 0 spiro atoms. The van der Waals surface area contributed by atoms with E-state index in [9.17, 15) is 9.90 Å². The number of carbonyl (C=O) groups is 1. The molecule has 1 heterocycles. The van der Waals surface area contributed by atoms with Crippen molar-refractivity contribution in [3.05, 3.63) is 71.8 Å². The molecule has 4 aromatic rings. The van der Waals surface area contributed by atoms with Crippen LogP contribution >= 0.6 is 34.9 Å². The first-order chi connectivity index (χ1) is 16.5. The lowest BCUT2D eigenvalue weighted by Crippen LogP contribution is -2.21.